The Balaban J connectivity index is 2.10. The molecule has 1 aliphatic rings. The van der Waals surface area contributed by atoms with Crippen molar-refractivity contribution in [2.45, 2.75) is 13.8 Å². The van der Waals surface area contributed by atoms with Crippen LogP contribution in [0.4, 0.5) is 0 Å². The van der Waals surface area contributed by atoms with Crippen LogP contribution in [-0.2, 0) is 0 Å². The minimum Gasteiger partial charge on any atom is -0.454 e. The predicted molar refractivity (Wildman–Crippen MR) is 88.0 cm³/mol. The Kier molecular flexibility index (Phi) is 2.91. The number of benzene rings is 2. The van der Waals surface area contributed by atoms with Gasteiger partial charge in [-0.05, 0) is 38.1 Å². The molecule has 0 radical (unpaired) electrons. The first-order valence-electron chi connectivity index (χ1n) is 7.45. The van der Waals surface area contributed by atoms with Gasteiger partial charge in [0, 0.05) is 11.6 Å². The van der Waals surface area contributed by atoms with Crippen molar-refractivity contribution < 1.29 is 4.74 Å². The van der Waals surface area contributed by atoms with Crippen LogP contribution in [-0.4, -0.2) is 9.78 Å². The highest BCUT2D eigenvalue weighted by Gasteiger charge is 2.24. The van der Waals surface area contributed by atoms with Crippen molar-refractivity contribution in [3.8, 4) is 40.6 Å². The minimum atomic E-state index is 0.289. The van der Waals surface area contributed by atoms with Gasteiger partial charge in [-0.25, -0.2) is 4.68 Å². The lowest BCUT2D eigenvalue weighted by Crippen LogP contribution is -2.01. The zero-order valence-electron chi connectivity index (χ0n) is 13.2. The van der Waals surface area contributed by atoms with E-state index in [0.717, 1.165) is 22.5 Å². The van der Waals surface area contributed by atoms with Crippen LogP contribution < -0.4 is 4.74 Å². The molecular formula is C19H12N4O. The number of nitrogens with zero attached hydrogens (tertiary/aromatic N) is 4. The van der Waals surface area contributed by atoms with E-state index < -0.39 is 0 Å². The van der Waals surface area contributed by atoms with Gasteiger partial charge < -0.3 is 4.74 Å². The molecule has 0 aliphatic carbocycles. The highest BCUT2D eigenvalue weighted by Crippen LogP contribution is 2.42. The Labute approximate surface area is 139 Å². The molecule has 24 heavy (non-hydrogen) atoms. The summed E-state index contributed by atoms with van der Waals surface area (Å²) in [5.41, 5.74) is 5.07. The molecule has 5 heteroatoms. The largest absolute Gasteiger partial charge is 0.454 e. The Morgan fingerprint density at radius 3 is 2.46 bits per heavy atom. The molecule has 5 nitrogen and oxygen atoms in total. The summed E-state index contributed by atoms with van der Waals surface area (Å²) in [5.74, 6) is 1.21. The summed E-state index contributed by atoms with van der Waals surface area (Å²) in [7, 11) is 0. The van der Waals surface area contributed by atoms with Crippen molar-refractivity contribution in [3.63, 3.8) is 0 Å². The zero-order chi connectivity index (χ0) is 16.8. The van der Waals surface area contributed by atoms with Crippen LogP contribution in [0.2, 0.25) is 0 Å². The van der Waals surface area contributed by atoms with E-state index in [1.807, 2.05) is 44.2 Å². The van der Waals surface area contributed by atoms with Gasteiger partial charge in [-0.1, -0.05) is 11.6 Å². The van der Waals surface area contributed by atoms with Gasteiger partial charge >= 0.3 is 0 Å². The molecule has 0 unspecified atom stereocenters. The minimum absolute atomic E-state index is 0.289. The fourth-order valence-corrected chi connectivity index (χ4v) is 2.93. The average Bonchev–Trinajstić information content (AvgIpc) is 2.92. The second kappa shape index (κ2) is 4.97. The monoisotopic (exact) mass is 312 g/mol. The zero-order valence-corrected chi connectivity index (χ0v) is 13.2. The third-order valence-electron chi connectivity index (χ3n) is 4.03. The van der Waals surface area contributed by atoms with Crippen LogP contribution in [0.25, 0.3) is 16.9 Å². The van der Waals surface area contributed by atoms with Gasteiger partial charge in [-0.2, -0.15) is 15.6 Å². The van der Waals surface area contributed by atoms with Crippen LogP contribution in [0.5, 0.6) is 11.5 Å². The molecule has 114 valence electrons. The first-order valence-corrected chi connectivity index (χ1v) is 7.45. The first kappa shape index (κ1) is 14.0. The van der Waals surface area contributed by atoms with Gasteiger partial charge in [0.2, 0.25) is 0 Å². The van der Waals surface area contributed by atoms with E-state index in [9.17, 15) is 10.5 Å². The SMILES string of the molecule is Cc1ccc2c(c1)-c1cc(C)nn1-c1cc(C#N)c(C#N)cc1O2. The number of fused-ring (bicyclic) bond motifs is 5. The van der Waals surface area contributed by atoms with Gasteiger partial charge in [0.05, 0.1) is 22.5 Å². The summed E-state index contributed by atoms with van der Waals surface area (Å²) in [5, 5.41) is 23.1. The molecule has 4 rings (SSSR count). The van der Waals surface area contributed by atoms with Gasteiger partial charge in [-0.3, -0.25) is 0 Å². The summed E-state index contributed by atoms with van der Waals surface area (Å²) in [6, 6.07) is 15.3. The van der Waals surface area contributed by atoms with E-state index in [4.69, 9.17) is 4.74 Å². The molecule has 2 aromatic carbocycles. The molecule has 0 atom stereocenters. The molecule has 1 aromatic heterocycles. The van der Waals surface area contributed by atoms with Crippen LogP contribution in [0.15, 0.2) is 36.4 Å². The Morgan fingerprint density at radius 2 is 1.71 bits per heavy atom. The van der Waals surface area contributed by atoms with E-state index >= 15 is 0 Å². The molecule has 0 N–H and O–H groups in total. The molecule has 0 fully saturated rings. The lowest BCUT2D eigenvalue weighted by molar-refractivity contribution is 0.484. The molecule has 3 aromatic rings. The Hall–Kier alpha value is -3.57. The fraction of sp³-hybridized carbons (Fsp3) is 0.105. The van der Waals surface area contributed by atoms with E-state index in [0.29, 0.717) is 22.7 Å². The topological polar surface area (TPSA) is 74.6 Å². The number of nitriles is 2. The van der Waals surface area contributed by atoms with Crippen LogP contribution >= 0.6 is 0 Å². The highest BCUT2D eigenvalue weighted by molar-refractivity contribution is 5.75. The second-order valence-electron chi connectivity index (χ2n) is 5.77. The lowest BCUT2D eigenvalue weighted by Gasteiger charge is -2.10. The number of hydrogen-bond acceptors (Lipinski definition) is 4. The van der Waals surface area contributed by atoms with Gasteiger partial charge in [0.15, 0.2) is 5.75 Å². The average molecular weight is 312 g/mol. The summed E-state index contributed by atoms with van der Waals surface area (Å²) in [6.45, 7) is 3.94. The van der Waals surface area contributed by atoms with E-state index in [1.54, 1.807) is 16.8 Å². The Bertz CT molecular complexity index is 1080. The molecule has 0 bridgehead atoms. The second-order valence-corrected chi connectivity index (χ2v) is 5.77. The number of aryl methyl sites for hydroxylation is 2. The number of ether oxygens (including phenoxy) is 1. The summed E-state index contributed by atoms with van der Waals surface area (Å²) in [6.07, 6.45) is 0. The molecule has 0 saturated carbocycles. The van der Waals surface area contributed by atoms with Crippen molar-refractivity contribution in [1.29, 1.82) is 10.5 Å². The molecule has 0 amide bonds. The standard InChI is InChI=1S/C19H12N4O/c1-11-3-4-18-15(5-11)16-6-12(2)22-23(16)17-7-13(9-20)14(10-21)8-19(17)24-18/h3-8H,1-2H3. The maximum atomic E-state index is 9.31. The quantitative estimate of drug-likeness (QED) is 0.492. The van der Waals surface area contributed by atoms with Crippen LogP contribution in [0.1, 0.15) is 22.4 Å². The molecular weight excluding hydrogens is 300 g/mol. The van der Waals surface area contributed by atoms with Crippen molar-refractivity contribution in [3.05, 3.63) is 58.8 Å². The third kappa shape index (κ3) is 1.96. The van der Waals surface area contributed by atoms with Crippen molar-refractivity contribution in [2.75, 3.05) is 0 Å². The maximum absolute atomic E-state index is 9.31. The molecule has 0 spiro atoms. The van der Waals surface area contributed by atoms with Gasteiger partial charge in [0.1, 0.15) is 23.6 Å². The van der Waals surface area contributed by atoms with Crippen LogP contribution in [0, 0.1) is 36.5 Å². The molecule has 2 heterocycles. The van der Waals surface area contributed by atoms with Crippen LogP contribution in [0.3, 0.4) is 0 Å². The summed E-state index contributed by atoms with van der Waals surface area (Å²) >= 11 is 0. The molecule has 0 saturated heterocycles. The fourth-order valence-electron chi connectivity index (χ4n) is 2.93. The Morgan fingerprint density at radius 1 is 0.958 bits per heavy atom. The lowest BCUT2D eigenvalue weighted by atomic mass is 10.1. The number of rotatable bonds is 0. The third-order valence-corrected chi connectivity index (χ3v) is 4.03. The normalized spacial score (nSPS) is 11.2. The van der Waals surface area contributed by atoms with E-state index in [1.165, 1.54) is 0 Å². The van der Waals surface area contributed by atoms with Crippen molar-refractivity contribution in [2.24, 2.45) is 0 Å². The highest BCUT2D eigenvalue weighted by atomic mass is 16.5. The van der Waals surface area contributed by atoms with Crippen molar-refractivity contribution in [1.82, 2.24) is 9.78 Å². The summed E-state index contributed by atoms with van der Waals surface area (Å²) in [4.78, 5) is 0. The van der Waals surface area contributed by atoms with Crippen molar-refractivity contribution >= 4 is 0 Å². The van der Waals surface area contributed by atoms with E-state index in [2.05, 4.69) is 11.2 Å². The first-order chi connectivity index (χ1) is 11.6. The van der Waals surface area contributed by atoms with Gasteiger partial charge in [-0.15, -0.1) is 0 Å². The van der Waals surface area contributed by atoms with E-state index in [-0.39, 0.29) is 5.56 Å². The van der Waals surface area contributed by atoms with Gasteiger partial charge in [0.25, 0.3) is 0 Å². The molecule has 1 aliphatic heterocycles. The number of aromatic nitrogens is 2. The summed E-state index contributed by atoms with van der Waals surface area (Å²) < 4.78 is 7.83. The smallest absolute Gasteiger partial charge is 0.154 e. The predicted octanol–water partition coefficient (Wildman–Crippen LogP) is 4.01. The maximum Gasteiger partial charge on any atom is 0.154 e. The number of hydrogen-bond donors (Lipinski definition) is 0.